The van der Waals surface area contributed by atoms with E-state index in [1.807, 2.05) is 0 Å². The Labute approximate surface area is 116 Å². The van der Waals surface area contributed by atoms with Crippen LogP contribution in [0.4, 0.5) is 10.9 Å². The number of nitrogen functional groups attached to an aromatic ring is 1. The Bertz CT molecular complexity index is 490. The van der Waals surface area contributed by atoms with E-state index in [9.17, 15) is 4.79 Å². The second-order valence-electron chi connectivity index (χ2n) is 4.38. The number of nitrogens with zero attached hydrogens (tertiary/aromatic N) is 1. The van der Waals surface area contributed by atoms with Crippen molar-refractivity contribution in [2.75, 3.05) is 31.3 Å². The van der Waals surface area contributed by atoms with Crippen LogP contribution in [-0.2, 0) is 4.74 Å². The van der Waals surface area contributed by atoms with Gasteiger partial charge in [0.15, 0.2) is 5.13 Å². The summed E-state index contributed by atoms with van der Waals surface area (Å²) in [6.07, 6.45) is 5.32. The number of carbonyl (C=O) groups excluding carboxylic acids is 1. The average molecular weight is 282 g/mol. The number of anilines is 2. The van der Waals surface area contributed by atoms with Crippen LogP contribution in [0.2, 0.25) is 0 Å². The quantitative estimate of drug-likeness (QED) is 0.533. The van der Waals surface area contributed by atoms with Crippen LogP contribution in [-0.4, -0.2) is 36.7 Å². The van der Waals surface area contributed by atoms with E-state index in [1.165, 1.54) is 11.3 Å². The zero-order valence-corrected chi connectivity index (χ0v) is 12.1. The van der Waals surface area contributed by atoms with Crippen molar-refractivity contribution in [3.63, 3.8) is 0 Å². The summed E-state index contributed by atoms with van der Waals surface area (Å²) in [5, 5.41) is 6.31. The summed E-state index contributed by atoms with van der Waals surface area (Å²) in [6, 6.07) is 0. The fourth-order valence-corrected chi connectivity index (χ4v) is 2.01. The molecule has 0 saturated heterocycles. The normalized spacial score (nSPS) is 10.8. The molecule has 1 rings (SSSR count). The summed E-state index contributed by atoms with van der Waals surface area (Å²) in [6.45, 7) is 4.62. The van der Waals surface area contributed by atoms with Crippen LogP contribution in [0.1, 0.15) is 23.5 Å². The molecule has 0 unspecified atom stereocenters. The first kappa shape index (κ1) is 15.3. The molecule has 1 heterocycles. The lowest BCUT2D eigenvalue weighted by atomic mass is 10.1. The molecule has 7 heteroatoms. The second-order valence-corrected chi connectivity index (χ2v) is 5.38. The van der Waals surface area contributed by atoms with Gasteiger partial charge in [0, 0.05) is 13.7 Å². The molecule has 0 aliphatic rings. The first-order valence-electron chi connectivity index (χ1n) is 5.69. The van der Waals surface area contributed by atoms with E-state index >= 15 is 0 Å². The van der Waals surface area contributed by atoms with Crippen LogP contribution in [0.25, 0.3) is 0 Å². The molecule has 6 nitrogen and oxygen atoms in total. The highest BCUT2D eigenvalue weighted by Gasteiger charge is 2.22. The van der Waals surface area contributed by atoms with Gasteiger partial charge in [0.1, 0.15) is 10.7 Å². The van der Waals surface area contributed by atoms with Crippen molar-refractivity contribution in [1.29, 1.82) is 0 Å². The van der Waals surface area contributed by atoms with Crippen molar-refractivity contribution in [3.05, 3.63) is 4.88 Å². The number of hydrogen-bond donors (Lipinski definition) is 3. The highest BCUT2D eigenvalue weighted by molar-refractivity contribution is 7.18. The summed E-state index contributed by atoms with van der Waals surface area (Å²) in [5.41, 5.74) is 5.00. The van der Waals surface area contributed by atoms with Crippen molar-refractivity contribution in [3.8, 4) is 12.3 Å². The van der Waals surface area contributed by atoms with E-state index < -0.39 is 5.54 Å². The molecular weight excluding hydrogens is 264 g/mol. The molecular formula is C12H18N4O2S. The first-order valence-corrected chi connectivity index (χ1v) is 6.50. The van der Waals surface area contributed by atoms with Crippen molar-refractivity contribution in [1.82, 2.24) is 10.3 Å². The molecule has 0 aromatic carbocycles. The molecule has 1 aromatic rings. The molecule has 0 fully saturated rings. The third-order valence-electron chi connectivity index (χ3n) is 2.23. The summed E-state index contributed by atoms with van der Waals surface area (Å²) in [5.74, 6) is 2.36. The van der Waals surface area contributed by atoms with Crippen LogP contribution in [0.15, 0.2) is 0 Å². The lowest BCUT2D eigenvalue weighted by Crippen LogP contribution is -2.41. The highest BCUT2D eigenvalue weighted by atomic mass is 32.1. The van der Waals surface area contributed by atoms with Gasteiger partial charge in [-0.1, -0.05) is 17.3 Å². The zero-order chi connectivity index (χ0) is 14.5. The van der Waals surface area contributed by atoms with E-state index in [0.29, 0.717) is 23.2 Å². The number of thiazole rings is 1. The van der Waals surface area contributed by atoms with Crippen molar-refractivity contribution >= 4 is 28.2 Å². The SMILES string of the molecule is C#CC(C)(C)NC(=O)c1sc(NCCOC)nc1N. The van der Waals surface area contributed by atoms with Gasteiger partial charge in [-0.25, -0.2) is 4.98 Å². The Balaban J connectivity index is 2.73. The topological polar surface area (TPSA) is 89.3 Å². The highest BCUT2D eigenvalue weighted by Crippen LogP contribution is 2.25. The van der Waals surface area contributed by atoms with Gasteiger partial charge < -0.3 is 21.1 Å². The number of nitrogens with one attached hydrogen (secondary N) is 2. The Hall–Kier alpha value is -1.78. The third-order valence-corrected chi connectivity index (χ3v) is 3.26. The molecule has 4 N–H and O–H groups in total. The number of amides is 1. The van der Waals surface area contributed by atoms with Gasteiger partial charge in [0.25, 0.3) is 5.91 Å². The lowest BCUT2D eigenvalue weighted by Gasteiger charge is -2.18. The molecule has 0 saturated carbocycles. The van der Waals surface area contributed by atoms with E-state index in [1.54, 1.807) is 21.0 Å². The summed E-state index contributed by atoms with van der Waals surface area (Å²) < 4.78 is 4.91. The van der Waals surface area contributed by atoms with E-state index in [-0.39, 0.29) is 11.7 Å². The Morgan fingerprint density at radius 3 is 2.89 bits per heavy atom. The molecule has 0 spiro atoms. The number of rotatable bonds is 6. The molecule has 104 valence electrons. The molecule has 0 aliphatic heterocycles. The fourth-order valence-electron chi connectivity index (χ4n) is 1.21. The van der Waals surface area contributed by atoms with E-state index in [4.69, 9.17) is 16.9 Å². The van der Waals surface area contributed by atoms with E-state index in [2.05, 4.69) is 21.5 Å². The van der Waals surface area contributed by atoms with Gasteiger partial charge in [-0.2, -0.15) is 0 Å². The van der Waals surface area contributed by atoms with Gasteiger partial charge in [-0.3, -0.25) is 4.79 Å². The maximum absolute atomic E-state index is 12.0. The molecule has 0 radical (unpaired) electrons. The number of aromatic nitrogens is 1. The van der Waals surface area contributed by atoms with Gasteiger partial charge >= 0.3 is 0 Å². The van der Waals surface area contributed by atoms with Crippen molar-refractivity contribution in [2.24, 2.45) is 0 Å². The van der Waals surface area contributed by atoms with E-state index in [0.717, 1.165) is 0 Å². The predicted molar refractivity (Wildman–Crippen MR) is 77.3 cm³/mol. The smallest absolute Gasteiger partial charge is 0.266 e. The number of terminal acetylenes is 1. The predicted octanol–water partition coefficient (Wildman–Crippen LogP) is 0.925. The maximum atomic E-state index is 12.0. The number of ether oxygens (including phenoxy) is 1. The van der Waals surface area contributed by atoms with Gasteiger partial charge in [-0.05, 0) is 13.8 Å². The molecule has 1 aromatic heterocycles. The maximum Gasteiger partial charge on any atom is 0.266 e. The average Bonchev–Trinajstić information content (AvgIpc) is 2.70. The zero-order valence-electron chi connectivity index (χ0n) is 11.2. The summed E-state index contributed by atoms with van der Waals surface area (Å²) in [4.78, 5) is 16.4. The molecule has 0 atom stereocenters. The number of methoxy groups -OCH3 is 1. The minimum absolute atomic E-state index is 0.190. The van der Waals surface area contributed by atoms with Crippen LogP contribution in [0, 0.1) is 12.3 Å². The van der Waals surface area contributed by atoms with Crippen molar-refractivity contribution in [2.45, 2.75) is 19.4 Å². The second kappa shape index (κ2) is 6.41. The largest absolute Gasteiger partial charge is 0.383 e. The minimum atomic E-state index is -0.725. The molecule has 0 aliphatic carbocycles. The molecule has 19 heavy (non-hydrogen) atoms. The van der Waals surface area contributed by atoms with Gasteiger partial charge in [0.05, 0.1) is 12.1 Å². The summed E-state index contributed by atoms with van der Waals surface area (Å²) >= 11 is 1.19. The monoisotopic (exact) mass is 282 g/mol. The lowest BCUT2D eigenvalue weighted by molar-refractivity contribution is 0.0934. The number of hydrogen-bond acceptors (Lipinski definition) is 6. The van der Waals surface area contributed by atoms with Crippen LogP contribution >= 0.6 is 11.3 Å². The van der Waals surface area contributed by atoms with Crippen molar-refractivity contribution < 1.29 is 9.53 Å². The summed E-state index contributed by atoms with van der Waals surface area (Å²) in [7, 11) is 1.61. The Kier molecular flexibility index (Phi) is 5.15. The standard InChI is InChI=1S/C12H18N4O2S/c1-5-12(2,3)16-10(17)8-9(13)15-11(19-8)14-6-7-18-4/h1H,6-7,13H2,2-4H3,(H,14,15)(H,16,17). The van der Waals surface area contributed by atoms with Crippen LogP contribution in [0.3, 0.4) is 0 Å². The van der Waals surface area contributed by atoms with Crippen LogP contribution < -0.4 is 16.4 Å². The van der Waals surface area contributed by atoms with Gasteiger partial charge in [-0.15, -0.1) is 6.42 Å². The van der Waals surface area contributed by atoms with Gasteiger partial charge in [0.2, 0.25) is 0 Å². The Morgan fingerprint density at radius 2 is 2.32 bits per heavy atom. The van der Waals surface area contributed by atoms with Crippen LogP contribution in [0.5, 0.6) is 0 Å². The number of carbonyl (C=O) groups is 1. The third kappa shape index (κ3) is 4.43. The number of nitrogens with two attached hydrogens (primary N) is 1. The first-order chi connectivity index (χ1) is 8.89. The Morgan fingerprint density at radius 1 is 1.63 bits per heavy atom. The molecule has 1 amide bonds. The fraction of sp³-hybridized carbons (Fsp3) is 0.500. The molecule has 0 bridgehead atoms. The minimum Gasteiger partial charge on any atom is -0.383 e.